The third-order valence-corrected chi connectivity index (χ3v) is 3.08. The highest BCUT2D eigenvalue weighted by Crippen LogP contribution is 2.21. The molecule has 0 fully saturated rings. The number of aromatic nitrogens is 1. The van der Waals surface area contributed by atoms with Gasteiger partial charge in [-0.05, 0) is 13.8 Å². The summed E-state index contributed by atoms with van der Waals surface area (Å²) in [4.78, 5) is 25.9. The minimum absolute atomic E-state index is 0.00978. The van der Waals surface area contributed by atoms with E-state index in [0.717, 1.165) is 5.01 Å². The molecular weight excluding hydrogens is 228 g/mol. The number of aliphatic carboxylic acids is 1. The number of hydrogen-bond acceptors (Lipinski definition) is 4. The second-order valence-corrected chi connectivity index (χ2v) is 4.80. The molecule has 16 heavy (non-hydrogen) atoms. The van der Waals surface area contributed by atoms with Crippen LogP contribution in [-0.4, -0.2) is 22.0 Å². The van der Waals surface area contributed by atoms with E-state index in [1.165, 1.54) is 11.3 Å². The molecule has 0 aromatic carbocycles. The number of carboxylic acids is 1. The topological polar surface area (TPSA) is 79.3 Å². The third-order valence-electron chi connectivity index (χ3n) is 1.98. The second kappa shape index (κ2) is 5.07. The first kappa shape index (κ1) is 12.6. The lowest BCUT2D eigenvalue weighted by atomic mass is 10.1. The van der Waals surface area contributed by atoms with Crippen molar-refractivity contribution in [3.05, 3.63) is 16.6 Å². The maximum absolute atomic E-state index is 11.5. The molecule has 2 N–H and O–H groups in total. The van der Waals surface area contributed by atoms with Gasteiger partial charge < -0.3 is 10.4 Å². The maximum atomic E-state index is 11.5. The molecular formula is C10H14N2O3S. The summed E-state index contributed by atoms with van der Waals surface area (Å²) in [6.45, 7) is 3.68. The van der Waals surface area contributed by atoms with Crippen molar-refractivity contribution in [1.82, 2.24) is 10.3 Å². The van der Waals surface area contributed by atoms with Crippen molar-refractivity contribution in [3.8, 4) is 0 Å². The first-order valence-corrected chi connectivity index (χ1v) is 5.72. The zero-order chi connectivity index (χ0) is 12.2. The molecule has 0 aliphatic carbocycles. The average molecular weight is 242 g/mol. The molecule has 0 spiro atoms. The molecule has 0 bridgehead atoms. The maximum Gasteiger partial charge on any atom is 0.303 e. The number of hydrogen-bond donors (Lipinski definition) is 2. The van der Waals surface area contributed by atoms with Gasteiger partial charge in [-0.2, -0.15) is 0 Å². The molecule has 1 aromatic heterocycles. The lowest BCUT2D eigenvalue weighted by Crippen LogP contribution is -2.41. The van der Waals surface area contributed by atoms with Crippen molar-refractivity contribution in [2.24, 2.45) is 0 Å². The standard InChI is InChI=1S/C10H14N2O3S/c1-10(2,9-11-5-6-16-9)12-7(13)3-4-8(14)15/h5-6H,3-4H2,1-2H3,(H,12,13)(H,14,15). The van der Waals surface area contributed by atoms with E-state index < -0.39 is 11.5 Å². The summed E-state index contributed by atoms with van der Waals surface area (Å²) in [5, 5.41) is 13.8. The minimum Gasteiger partial charge on any atom is -0.481 e. The van der Waals surface area contributed by atoms with Crippen molar-refractivity contribution < 1.29 is 14.7 Å². The Morgan fingerprint density at radius 3 is 2.69 bits per heavy atom. The highest BCUT2D eigenvalue weighted by atomic mass is 32.1. The Balaban J connectivity index is 2.53. The van der Waals surface area contributed by atoms with E-state index in [4.69, 9.17) is 5.11 Å². The van der Waals surface area contributed by atoms with Crippen LogP contribution in [-0.2, 0) is 15.1 Å². The van der Waals surface area contributed by atoms with Crippen LogP contribution < -0.4 is 5.32 Å². The number of carbonyl (C=O) groups is 2. The van der Waals surface area contributed by atoms with E-state index in [1.54, 1.807) is 6.20 Å². The average Bonchev–Trinajstić information content (AvgIpc) is 2.67. The predicted molar refractivity (Wildman–Crippen MR) is 60.2 cm³/mol. The van der Waals surface area contributed by atoms with Crippen molar-refractivity contribution in [3.63, 3.8) is 0 Å². The smallest absolute Gasteiger partial charge is 0.303 e. The molecule has 88 valence electrons. The van der Waals surface area contributed by atoms with Crippen molar-refractivity contribution >= 4 is 23.2 Å². The quantitative estimate of drug-likeness (QED) is 0.817. The number of amides is 1. The van der Waals surface area contributed by atoms with Crippen LogP contribution in [0.15, 0.2) is 11.6 Å². The van der Waals surface area contributed by atoms with Crippen LogP contribution in [0.4, 0.5) is 0 Å². The Hall–Kier alpha value is -1.43. The van der Waals surface area contributed by atoms with Gasteiger partial charge in [0.05, 0.1) is 12.0 Å². The lowest BCUT2D eigenvalue weighted by Gasteiger charge is -2.23. The van der Waals surface area contributed by atoms with Crippen LogP contribution in [0.2, 0.25) is 0 Å². The van der Waals surface area contributed by atoms with Crippen molar-refractivity contribution in [2.45, 2.75) is 32.2 Å². The summed E-state index contributed by atoms with van der Waals surface area (Å²) in [7, 11) is 0. The number of nitrogens with one attached hydrogen (secondary N) is 1. The molecule has 1 heterocycles. The second-order valence-electron chi connectivity index (χ2n) is 3.90. The van der Waals surface area contributed by atoms with Crippen molar-refractivity contribution in [2.75, 3.05) is 0 Å². The van der Waals surface area contributed by atoms with E-state index in [1.807, 2.05) is 19.2 Å². The molecule has 0 atom stereocenters. The zero-order valence-electron chi connectivity index (χ0n) is 9.19. The molecule has 0 saturated carbocycles. The highest BCUT2D eigenvalue weighted by Gasteiger charge is 2.25. The van der Waals surface area contributed by atoms with E-state index >= 15 is 0 Å². The van der Waals surface area contributed by atoms with Gasteiger partial charge in [0.25, 0.3) is 0 Å². The van der Waals surface area contributed by atoms with Gasteiger partial charge in [-0.25, -0.2) is 4.98 Å². The number of carbonyl (C=O) groups excluding carboxylic acids is 1. The summed E-state index contributed by atoms with van der Waals surface area (Å²) in [6, 6.07) is 0. The van der Waals surface area contributed by atoms with E-state index in [-0.39, 0.29) is 18.7 Å². The normalized spacial score (nSPS) is 11.1. The van der Waals surface area contributed by atoms with Gasteiger partial charge in [0.15, 0.2) is 0 Å². The fourth-order valence-electron chi connectivity index (χ4n) is 1.22. The third kappa shape index (κ3) is 3.62. The molecule has 6 heteroatoms. The monoisotopic (exact) mass is 242 g/mol. The number of carboxylic acid groups (broad SMARTS) is 1. The number of thiazole rings is 1. The fourth-order valence-corrected chi connectivity index (χ4v) is 1.94. The largest absolute Gasteiger partial charge is 0.481 e. The van der Waals surface area contributed by atoms with Crippen LogP contribution in [0.5, 0.6) is 0 Å². The summed E-state index contributed by atoms with van der Waals surface area (Å²) in [5.74, 6) is -1.25. The highest BCUT2D eigenvalue weighted by molar-refractivity contribution is 7.09. The molecule has 5 nitrogen and oxygen atoms in total. The molecule has 0 saturated heterocycles. The van der Waals surface area contributed by atoms with Crippen LogP contribution in [0.3, 0.4) is 0 Å². The SMILES string of the molecule is CC(C)(NC(=O)CCC(=O)O)c1nccs1. The van der Waals surface area contributed by atoms with Gasteiger partial charge in [0.1, 0.15) is 5.01 Å². The predicted octanol–water partition coefficient (Wildman–Crippen LogP) is 1.36. The molecule has 1 rings (SSSR count). The van der Waals surface area contributed by atoms with E-state index in [0.29, 0.717) is 0 Å². The van der Waals surface area contributed by atoms with Gasteiger partial charge in [0, 0.05) is 18.0 Å². The molecule has 0 aliphatic rings. The Labute approximate surface area is 97.5 Å². The number of nitrogens with zero attached hydrogens (tertiary/aromatic N) is 1. The Bertz CT molecular complexity index is 373. The summed E-state index contributed by atoms with van der Waals surface area (Å²) in [5.41, 5.74) is -0.552. The Morgan fingerprint density at radius 2 is 2.19 bits per heavy atom. The van der Waals surface area contributed by atoms with E-state index in [9.17, 15) is 9.59 Å². The summed E-state index contributed by atoms with van der Waals surface area (Å²) in [6.07, 6.45) is 1.51. The van der Waals surface area contributed by atoms with Crippen LogP contribution in [0.25, 0.3) is 0 Å². The van der Waals surface area contributed by atoms with Gasteiger partial charge in [0.2, 0.25) is 5.91 Å². The van der Waals surface area contributed by atoms with Crippen LogP contribution in [0, 0.1) is 0 Å². The first-order chi connectivity index (χ1) is 7.42. The Kier molecular flexibility index (Phi) is 4.00. The van der Waals surface area contributed by atoms with Gasteiger partial charge >= 0.3 is 5.97 Å². The molecule has 0 aliphatic heterocycles. The van der Waals surface area contributed by atoms with Gasteiger partial charge in [-0.1, -0.05) is 0 Å². The summed E-state index contributed by atoms with van der Waals surface area (Å²) >= 11 is 1.45. The molecule has 1 aromatic rings. The van der Waals surface area contributed by atoms with Crippen molar-refractivity contribution in [1.29, 1.82) is 0 Å². The minimum atomic E-state index is -0.970. The molecule has 1 amide bonds. The lowest BCUT2D eigenvalue weighted by molar-refractivity contribution is -0.139. The summed E-state index contributed by atoms with van der Waals surface area (Å²) < 4.78 is 0. The van der Waals surface area contributed by atoms with Gasteiger partial charge in [-0.15, -0.1) is 11.3 Å². The molecule has 0 radical (unpaired) electrons. The Morgan fingerprint density at radius 1 is 1.50 bits per heavy atom. The van der Waals surface area contributed by atoms with Crippen LogP contribution >= 0.6 is 11.3 Å². The number of rotatable bonds is 5. The first-order valence-electron chi connectivity index (χ1n) is 4.84. The molecule has 0 unspecified atom stereocenters. The van der Waals surface area contributed by atoms with E-state index in [2.05, 4.69) is 10.3 Å². The fraction of sp³-hybridized carbons (Fsp3) is 0.500. The zero-order valence-corrected chi connectivity index (χ0v) is 10.0. The van der Waals surface area contributed by atoms with Crippen LogP contribution in [0.1, 0.15) is 31.7 Å². The van der Waals surface area contributed by atoms with Gasteiger partial charge in [-0.3, -0.25) is 9.59 Å².